The van der Waals surface area contributed by atoms with Crippen molar-refractivity contribution in [2.24, 2.45) is 0 Å². The molecular formula is C12H9ClN2O3S2. The lowest BCUT2D eigenvalue weighted by Gasteiger charge is -2.09. The molecule has 1 heterocycles. The van der Waals surface area contributed by atoms with Gasteiger partial charge in [-0.3, -0.25) is 19.8 Å². The van der Waals surface area contributed by atoms with Crippen LogP contribution in [0.4, 0.5) is 5.69 Å². The third-order valence-electron chi connectivity index (χ3n) is 2.67. The van der Waals surface area contributed by atoms with Gasteiger partial charge in [-0.15, -0.1) is 0 Å². The number of carbonyl (C=O) groups is 1. The fraction of sp³-hybridized carbons (Fsp3) is 0.167. The number of carbonyl (C=O) groups excluding carboxylic acids is 1. The summed E-state index contributed by atoms with van der Waals surface area (Å²) in [6.45, 7) is 2.32. The monoisotopic (exact) mass is 328 g/mol. The Morgan fingerprint density at radius 1 is 1.55 bits per heavy atom. The maximum absolute atomic E-state index is 12.1. The number of nitro benzene ring substituents is 1. The van der Waals surface area contributed by atoms with E-state index in [-0.39, 0.29) is 11.6 Å². The first-order chi connectivity index (χ1) is 9.43. The molecule has 20 heavy (non-hydrogen) atoms. The summed E-state index contributed by atoms with van der Waals surface area (Å²) in [4.78, 5) is 24.2. The minimum Gasteiger partial charge on any atom is -0.293 e. The van der Waals surface area contributed by atoms with Crippen molar-refractivity contribution in [2.75, 3.05) is 6.54 Å². The van der Waals surface area contributed by atoms with E-state index in [0.717, 1.165) is 11.8 Å². The summed E-state index contributed by atoms with van der Waals surface area (Å²) < 4.78 is 0.477. The highest BCUT2D eigenvalue weighted by atomic mass is 35.5. The van der Waals surface area contributed by atoms with E-state index in [0.29, 0.717) is 26.4 Å². The summed E-state index contributed by atoms with van der Waals surface area (Å²) in [5.74, 6) is -0.204. The Morgan fingerprint density at radius 2 is 2.25 bits per heavy atom. The number of benzene rings is 1. The second-order valence-electron chi connectivity index (χ2n) is 3.89. The zero-order valence-corrected chi connectivity index (χ0v) is 12.7. The third-order valence-corrected chi connectivity index (χ3v) is 4.39. The Kier molecular flexibility index (Phi) is 4.42. The van der Waals surface area contributed by atoms with Crippen LogP contribution in [0.25, 0.3) is 6.08 Å². The molecule has 0 radical (unpaired) electrons. The standard InChI is InChI=1S/C12H9ClN2O3S2/c1-2-14-11(16)10(20-12(14)19)6-7-5-8(15(17)18)3-4-9(7)13/h3-6H,2H2,1H3/b10-6+. The topological polar surface area (TPSA) is 63.5 Å². The van der Waals surface area contributed by atoms with Crippen molar-refractivity contribution in [1.82, 2.24) is 4.90 Å². The molecule has 2 rings (SSSR count). The van der Waals surface area contributed by atoms with Crippen molar-refractivity contribution in [3.8, 4) is 0 Å². The van der Waals surface area contributed by atoms with Crippen LogP contribution in [0.3, 0.4) is 0 Å². The van der Waals surface area contributed by atoms with Crippen LogP contribution < -0.4 is 0 Å². The maximum Gasteiger partial charge on any atom is 0.270 e. The zero-order chi connectivity index (χ0) is 14.9. The highest BCUT2D eigenvalue weighted by molar-refractivity contribution is 8.26. The molecular weight excluding hydrogens is 320 g/mol. The van der Waals surface area contributed by atoms with Gasteiger partial charge in [-0.25, -0.2) is 0 Å². The lowest BCUT2D eigenvalue weighted by Crippen LogP contribution is -2.27. The number of hydrogen-bond donors (Lipinski definition) is 0. The quantitative estimate of drug-likeness (QED) is 0.368. The van der Waals surface area contributed by atoms with E-state index in [1.165, 1.54) is 29.2 Å². The highest BCUT2D eigenvalue weighted by Crippen LogP contribution is 2.34. The molecule has 0 unspecified atom stereocenters. The Labute approximate surface area is 129 Å². The summed E-state index contributed by atoms with van der Waals surface area (Å²) >= 11 is 12.3. The summed E-state index contributed by atoms with van der Waals surface area (Å²) in [7, 11) is 0. The van der Waals surface area contributed by atoms with E-state index in [1.54, 1.807) is 0 Å². The molecule has 0 saturated carbocycles. The van der Waals surface area contributed by atoms with Gasteiger partial charge in [0.25, 0.3) is 11.6 Å². The van der Waals surface area contributed by atoms with Gasteiger partial charge in [0.1, 0.15) is 4.32 Å². The average Bonchev–Trinajstić information content (AvgIpc) is 2.66. The molecule has 1 aromatic rings. The van der Waals surface area contributed by atoms with Gasteiger partial charge in [-0.05, 0) is 19.1 Å². The van der Waals surface area contributed by atoms with Crippen LogP contribution in [-0.2, 0) is 4.79 Å². The van der Waals surface area contributed by atoms with Gasteiger partial charge in [0.05, 0.1) is 9.83 Å². The van der Waals surface area contributed by atoms with E-state index >= 15 is 0 Å². The fourth-order valence-electron chi connectivity index (χ4n) is 1.67. The van der Waals surface area contributed by atoms with Crippen LogP contribution in [0.5, 0.6) is 0 Å². The first-order valence-electron chi connectivity index (χ1n) is 5.63. The van der Waals surface area contributed by atoms with Gasteiger partial charge >= 0.3 is 0 Å². The molecule has 0 atom stereocenters. The van der Waals surface area contributed by atoms with Gasteiger partial charge < -0.3 is 0 Å². The maximum atomic E-state index is 12.1. The second-order valence-corrected chi connectivity index (χ2v) is 5.97. The van der Waals surface area contributed by atoms with Gasteiger partial charge in [0, 0.05) is 29.3 Å². The predicted octanol–water partition coefficient (Wildman–Crippen LogP) is 3.47. The zero-order valence-electron chi connectivity index (χ0n) is 10.3. The van der Waals surface area contributed by atoms with Gasteiger partial charge in [-0.2, -0.15) is 0 Å². The molecule has 1 amide bonds. The predicted molar refractivity (Wildman–Crippen MR) is 83.7 cm³/mol. The normalized spacial score (nSPS) is 17.1. The van der Waals surface area contributed by atoms with Crippen LogP contribution in [-0.4, -0.2) is 26.6 Å². The van der Waals surface area contributed by atoms with E-state index in [1.807, 2.05) is 6.92 Å². The molecule has 1 aliphatic rings. The SMILES string of the molecule is CCN1C(=O)/C(=C\c2cc([N+](=O)[O-])ccc2Cl)SC1=S. The first-order valence-corrected chi connectivity index (χ1v) is 7.23. The Hall–Kier alpha value is -1.44. The molecule has 104 valence electrons. The van der Waals surface area contributed by atoms with Crippen LogP contribution in [0.1, 0.15) is 12.5 Å². The number of halogens is 1. The lowest BCUT2D eigenvalue weighted by molar-refractivity contribution is -0.384. The third kappa shape index (κ3) is 2.84. The molecule has 0 bridgehead atoms. The van der Waals surface area contributed by atoms with Crippen molar-refractivity contribution >= 4 is 57.6 Å². The molecule has 0 aliphatic carbocycles. The number of hydrogen-bond acceptors (Lipinski definition) is 5. The number of nitro groups is 1. The van der Waals surface area contributed by atoms with Crippen molar-refractivity contribution in [3.63, 3.8) is 0 Å². The van der Waals surface area contributed by atoms with Gasteiger partial charge in [0.15, 0.2) is 0 Å². The smallest absolute Gasteiger partial charge is 0.270 e. The van der Waals surface area contributed by atoms with Crippen LogP contribution in [0.2, 0.25) is 5.02 Å². The number of likely N-dealkylation sites (N-methyl/N-ethyl adjacent to an activating group) is 1. The van der Waals surface area contributed by atoms with Gasteiger partial charge in [0.2, 0.25) is 0 Å². The first kappa shape index (κ1) is 15.0. The molecule has 0 N–H and O–H groups in total. The van der Waals surface area contributed by atoms with E-state index < -0.39 is 4.92 Å². The van der Waals surface area contributed by atoms with E-state index in [2.05, 4.69) is 0 Å². The van der Waals surface area contributed by atoms with Crippen LogP contribution in [0, 0.1) is 10.1 Å². The second kappa shape index (κ2) is 5.90. The minimum atomic E-state index is -0.509. The largest absolute Gasteiger partial charge is 0.293 e. The summed E-state index contributed by atoms with van der Waals surface area (Å²) in [6, 6.07) is 4.09. The summed E-state index contributed by atoms with van der Waals surface area (Å²) in [5, 5.41) is 11.1. The number of amides is 1. The summed E-state index contributed by atoms with van der Waals surface area (Å²) in [6.07, 6.45) is 1.53. The molecule has 5 nitrogen and oxygen atoms in total. The molecule has 1 aromatic carbocycles. The number of nitrogens with zero attached hydrogens (tertiary/aromatic N) is 2. The Balaban J connectivity index is 2.41. The lowest BCUT2D eigenvalue weighted by atomic mass is 10.2. The average molecular weight is 329 g/mol. The van der Waals surface area contributed by atoms with Gasteiger partial charge in [-0.1, -0.05) is 35.6 Å². The number of thioether (sulfide) groups is 1. The van der Waals surface area contributed by atoms with E-state index in [9.17, 15) is 14.9 Å². The molecule has 0 aromatic heterocycles. The number of thiocarbonyl (C=S) groups is 1. The fourth-order valence-corrected chi connectivity index (χ4v) is 3.22. The van der Waals surface area contributed by atoms with Crippen LogP contribution in [0.15, 0.2) is 23.1 Å². The molecule has 1 fully saturated rings. The van der Waals surface area contributed by atoms with E-state index in [4.69, 9.17) is 23.8 Å². The highest BCUT2D eigenvalue weighted by Gasteiger charge is 2.30. The number of non-ortho nitro benzene ring substituents is 1. The molecule has 1 aliphatic heterocycles. The summed E-state index contributed by atoms with van der Waals surface area (Å²) in [5.41, 5.74) is 0.351. The van der Waals surface area contributed by atoms with Crippen LogP contribution >= 0.6 is 35.6 Å². The minimum absolute atomic E-state index is 0.0772. The molecule has 0 spiro atoms. The number of rotatable bonds is 3. The molecule has 8 heteroatoms. The Bertz CT molecular complexity index is 646. The van der Waals surface area contributed by atoms with Crippen molar-refractivity contribution in [2.45, 2.75) is 6.92 Å². The molecule has 1 saturated heterocycles. The Morgan fingerprint density at radius 3 is 2.80 bits per heavy atom. The van der Waals surface area contributed by atoms with Crippen molar-refractivity contribution < 1.29 is 9.72 Å². The van der Waals surface area contributed by atoms with Crippen molar-refractivity contribution in [1.29, 1.82) is 0 Å². The van der Waals surface area contributed by atoms with Crippen molar-refractivity contribution in [3.05, 3.63) is 43.8 Å².